The predicted molar refractivity (Wildman–Crippen MR) is 83.4 cm³/mol. The molecule has 0 saturated heterocycles. The first-order valence-electron chi connectivity index (χ1n) is 7.42. The van der Waals surface area contributed by atoms with Crippen LogP contribution >= 0.6 is 0 Å². The molecule has 0 atom stereocenters. The zero-order valence-electron chi connectivity index (χ0n) is 13.1. The lowest BCUT2D eigenvalue weighted by Gasteiger charge is -2.25. The van der Waals surface area contributed by atoms with Gasteiger partial charge in [0.05, 0.1) is 5.69 Å². The maximum atomic E-state index is 4.49. The lowest BCUT2D eigenvalue weighted by Crippen LogP contribution is -2.31. The van der Waals surface area contributed by atoms with Gasteiger partial charge in [-0.25, -0.2) is 0 Å². The Morgan fingerprint density at radius 2 is 1.79 bits per heavy atom. The molecule has 0 spiro atoms. The molecule has 19 heavy (non-hydrogen) atoms. The summed E-state index contributed by atoms with van der Waals surface area (Å²) >= 11 is 0. The quantitative estimate of drug-likeness (QED) is 0.776. The van der Waals surface area contributed by atoms with E-state index in [4.69, 9.17) is 0 Å². The van der Waals surface area contributed by atoms with Crippen molar-refractivity contribution in [1.29, 1.82) is 0 Å². The molecule has 0 aliphatic heterocycles. The van der Waals surface area contributed by atoms with Crippen LogP contribution in [0.1, 0.15) is 40.3 Å². The summed E-state index contributed by atoms with van der Waals surface area (Å²) in [6, 6.07) is 4.19. The smallest absolute Gasteiger partial charge is 0.0564 e. The van der Waals surface area contributed by atoms with E-state index >= 15 is 0 Å². The van der Waals surface area contributed by atoms with Crippen LogP contribution in [0.5, 0.6) is 0 Å². The Hall–Kier alpha value is -1.09. The average molecular weight is 263 g/mol. The SMILES string of the molecule is CCNc1ccnc(CN(CC(C)C)CC(C)C)c1. The van der Waals surface area contributed by atoms with Gasteiger partial charge >= 0.3 is 0 Å². The zero-order chi connectivity index (χ0) is 14.3. The summed E-state index contributed by atoms with van der Waals surface area (Å²) in [5.41, 5.74) is 2.32. The first-order valence-corrected chi connectivity index (χ1v) is 7.42. The van der Waals surface area contributed by atoms with Gasteiger partial charge in [-0.3, -0.25) is 9.88 Å². The summed E-state index contributed by atoms with van der Waals surface area (Å²) in [7, 11) is 0. The highest BCUT2D eigenvalue weighted by Gasteiger charge is 2.11. The second-order valence-corrected chi connectivity index (χ2v) is 6.05. The van der Waals surface area contributed by atoms with E-state index in [9.17, 15) is 0 Å². The topological polar surface area (TPSA) is 28.2 Å². The van der Waals surface area contributed by atoms with Gasteiger partial charge in [-0.15, -0.1) is 0 Å². The molecule has 1 rings (SSSR count). The Labute approximate surface area is 118 Å². The number of pyridine rings is 1. The van der Waals surface area contributed by atoms with E-state index in [0.29, 0.717) is 11.8 Å². The van der Waals surface area contributed by atoms with E-state index in [0.717, 1.165) is 31.9 Å². The van der Waals surface area contributed by atoms with Crippen LogP contribution in [0, 0.1) is 11.8 Å². The van der Waals surface area contributed by atoms with Crippen LogP contribution < -0.4 is 5.32 Å². The van der Waals surface area contributed by atoms with Gasteiger partial charge in [0.1, 0.15) is 0 Å². The van der Waals surface area contributed by atoms with E-state index in [1.54, 1.807) is 0 Å². The van der Waals surface area contributed by atoms with Gasteiger partial charge in [-0.05, 0) is 30.9 Å². The summed E-state index contributed by atoms with van der Waals surface area (Å²) in [4.78, 5) is 7.00. The summed E-state index contributed by atoms with van der Waals surface area (Å²) < 4.78 is 0. The molecular formula is C16H29N3. The third kappa shape index (κ3) is 6.58. The van der Waals surface area contributed by atoms with Crippen molar-refractivity contribution < 1.29 is 0 Å². The molecule has 0 unspecified atom stereocenters. The van der Waals surface area contributed by atoms with Crippen molar-refractivity contribution in [3.63, 3.8) is 0 Å². The highest BCUT2D eigenvalue weighted by Crippen LogP contribution is 2.12. The normalized spacial score (nSPS) is 11.6. The Morgan fingerprint density at radius 1 is 1.16 bits per heavy atom. The maximum absolute atomic E-state index is 4.49. The molecule has 0 bridgehead atoms. The standard InChI is InChI=1S/C16H29N3/c1-6-17-15-7-8-18-16(9-15)12-19(10-13(2)3)11-14(4)5/h7-9,13-14H,6,10-12H2,1-5H3,(H,17,18). The Kier molecular flexibility index (Phi) is 6.85. The van der Waals surface area contributed by atoms with Gasteiger partial charge in [0, 0.05) is 38.1 Å². The predicted octanol–water partition coefficient (Wildman–Crippen LogP) is 3.63. The second-order valence-electron chi connectivity index (χ2n) is 6.05. The summed E-state index contributed by atoms with van der Waals surface area (Å²) in [6.07, 6.45) is 1.90. The number of hydrogen-bond acceptors (Lipinski definition) is 3. The number of rotatable bonds is 8. The molecule has 0 amide bonds. The number of nitrogens with one attached hydrogen (secondary N) is 1. The lowest BCUT2D eigenvalue weighted by molar-refractivity contribution is 0.209. The molecule has 0 aliphatic rings. The van der Waals surface area contributed by atoms with E-state index in [1.807, 2.05) is 12.3 Å². The molecular weight excluding hydrogens is 234 g/mol. The Balaban J connectivity index is 2.68. The van der Waals surface area contributed by atoms with Crippen LogP contribution in [0.15, 0.2) is 18.3 Å². The molecule has 0 fully saturated rings. The van der Waals surface area contributed by atoms with Gasteiger partial charge in [-0.2, -0.15) is 0 Å². The summed E-state index contributed by atoms with van der Waals surface area (Å²) in [5.74, 6) is 1.38. The minimum Gasteiger partial charge on any atom is -0.385 e. The van der Waals surface area contributed by atoms with Gasteiger partial charge in [-0.1, -0.05) is 27.7 Å². The summed E-state index contributed by atoms with van der Waals surface area (Å²) in [6.45, 7) is 15.4. The van der Waals surface area contributed by atoms with Crippen molar-refractivity contribution >= 4 is 5.69 Å². The molecule has 1 aromatic rings. The molecule has 0 aliphatic carbocycles. The fourth-order valence-electron chi connectivity index (χ4n) is 2.34. The Morgan fingerprint density at radius 3 is 2.32 bits per heavy atom. The number of nitrogens with zero attached hydrogens (tertiary/aromatic N) is 2. The molecule has 0 aromatic carbocycles. The lowest BCUT2D eigenvalue weighted by atomic mass is 10.1. The van der Waals surface area contributed by atoms with Crippen LogP contribution in [-0.2, 0) is 6.54 Å². The fraction of sp³-hybridized carbons (Fsp3) is 0.688. The van der Waals surface area contributed by atoms with Crippen molar-refractivity contribution in [3.8, 4) is 0 Å². The molecule has 1 N–H and O–H groups in total. The molecule has 1 aromatic heterocycles. The van der Waals surface area contributed by atoms with Crippen LogP contribution in [0.3, 0.4) is 0 Å². The monoisotopic (exact) mass is 263 g/mol. The van der Waals surface area contributed by atoms with Gasteiger partial charge in [0.2, 0.25) is 0 Å². The summed E-state index contributed by atoms with van der Waals surface area (Å²) in [5, 5.41) is 3.34. The van der Waals surface area contributed by atoms with E-state index in [2.05, 4.69) is 55.9 Å². The van der Waals surface area contributed by atoms with E-state index in [-0.39, 0.29) is 0 Å². The molecule has 108 valence electrons. The largest absolute Gasteiger partial charge is 0.385 e. The molecule has 3 heteroatoms. The van der Waals surface area contributed by atoms with Gasteiger partial charge in [0.25, 0.3) is 0 Å². The molecule has 0 radical (unpaired) electrons. The van der Waals surface area contributed by atoms with Crippen molar-refractivity contribution in [2.24, 2.45) is 11.8 Å². The minimum absolute atomic E-state index is 0.690. The first-order chi connectivity index (χ1) is 9.01. The maximum Gasteiger partial charge on any atom is 0.0564 e. The zero-order valence-corrected chi connectivity index (χ0v) is 13.1. The van der Waals surface area contributed by atoms with Crippen LogP contribution in [0.25, 0.3) is 0 Å². The van der Waals surface area contributed by atoms with Crippen LogP contribution in [-0.4, -0.2) is 29.5 Å². The molecule has 1 heterocycles. The third-order valence-corrected chi connectivity index (χ3v) is 2.83. The van der Waals surface area contributed by atoms with Crippen LogP contribution in [0.4, 0.5) is 5.69 Å². The van der Waals surface area contributed by atoms with Crippen molar-refractivity contribution in [1.82, 2.24) is 9.88 Å². The first kappa shape index (κ1) is 16.0. The minimum atomic E-state index is 0.690. The van der Waals surface area contributed by atoms with Crippen molar-refractivity contribution in [3.05, 3.63) is 24.0 Å². The fourth-order valence-corrected chi connectivity index (χ4v) is 2.34. The van der Waals surface area contributed by atoms with Gasteiger partial charge < -0.3 is 5.32 Å². The average Bonchev–Trinajstić information content (AvgIpc) is 2.27. The highest BCUT2D eigenvalue weighted by atomic mass is 15.1. The van der Waals surface area contributed by atoms with Crippen molar-refractivity contribution in [2.75, 3.05) is 25.0 Å². The molecule has 3 nitrogen and oxygen atoms in total. The van der Waals surface area contributed by atoms with Crippen LogP contribution in [0.2, 0.25) is 0 Å². The number of anilines is 1. The Bertz CT molecular complexity index is 351. The number of hydrogen-bond donors (Lipinski definition) is 1. The highest BCUT2D eigenvalue weighted by molar-refractivity contribution is 5.42. The van der Waals surface area contributed by atoms with E-state index in [1.165, 1.54) is 5.69 Å². The third-order valence-electron chi connectivity index (χ3n) is 2.83. The molecule has 0 saturated carbocycles. The number of aromatic nitrogens is 1. The van der Waals surface area contributed by atoms with Gasteiger partial charge in [0.15, 0.2) is 0 Å². The second kappa shape index (κ2) is 8.16. The van der Waals surface area contributed by atoms with E-state index < -0.39 is 0 Å². The van der Waals surface area contributed by atoms with Crippen molar-refractivity contribution in [2.45, 2.75) is 41.2 Å².